The molecule has 7 nitrogen and oxygen atoms in total. The Morgan fingerprint density at radius 2 is 1.89 bits per heavy atom. The lowest BCUT2D eigenvalue weighted by atomic mass is 9.76. The van der Waals surface area contributed by atoms with Crippen LogP contribution in [0.25, 0.3) is 0 Å². The number of nitrogens with zero attached hydrogens (tertiary/aromatic N) is 2. The maximum Gasteiger partial charge on any atom is 0.311 e. The lowest BCUT2D eigenvalue weighted by molar-refractivity contribution is -0.150. The summed E-state index contributed by atoms with van der Waals surface area (Å²) in [4.78, 5) is 26.3. The van der Waals surface area contributed by atoms with Crippen LogP contribution in [-0.2, 0) is 14.8 Å². The van der Waals surface area contributed by atoms with E-state index in [2.05, 4.69) is 0 Å². The maximum atomic E-state index is 12.9. The van der Waals surface area contributed by atoms with Gasteiger partial charge in [-0.05, 0) is 30.5 Å². The molecule has 2 rings (SSSR count). The van der Waals surface area contributed by atoms with Crippen LogP contribution >= 0.6 is 0 Å². The second kappa shape index (κ2) is 7.98. The van der Waals surface area contributed by atoms with E-state index in [9.17, 15) is 23.1 Å². The summed E-state index contributed by atoms with van der Waals surface area (Å²) in [6.45, 7) is 8.38. The third-order valence-corrected chi connectivity index (χ3v) is 7.59. The van der Waals surface area contributed by atoms with Gasteiger partial charge < -0.3 is 10.0 Å². The molecule has 0 radical (unpaired) electrons. The molecule has 0 aromatic heterocycles. The van der Waals surface area contributed by atoms with E-state index < -0.39 is 21.4 Å². The number of amides is 1. The molecule has 1 aromatic carbocycles. The molecule has 1 saturated heterocycles. The molecule has 150 valence electrons. The first kappa shape index (κ1) is 21.4. The van der Waals surface area contributed by atoms with E-state index in [1.165, 1.54) is 21.3 Å². The largest absolute Gasteiger partial charge is 0.481 e. The van der Waals surface area contributed by atoms with Crippen LogP contribution in [0, 0.1) is 11.3 Å². The van der Waals surface area contributed by atoms with Crippen LogP contribution in [0.5, 0.6) is 0 Å². The first-order valence-electron chi connectivity index (χ1n) is 9.23. The zero-order valence-electron chi connectivity index (χ0n) is 16.3. The highest BCUT2D eigenvalue weighted by molar-refractivity contribution is 7.89. The number of likely N-dealkylation sites (tertiary alicyclic amines) is 1. The van der Waals surface area contributed by atoms with Crippen molar-refractivity contribution >= 4 is 21.9 Å². The number of aliphatic carboxylic acids is 1. The highest BCUT2D eigenvalue weighted by Crippen LogP contribution is 2.38. The molecule has 1 fully saturated rings. The zero-order chi connectivity index (χ0) is 20.4. The van der Waals surface area contributed by atoms with Gasteiger partial charge in [-0.2, -0.15) is 4.31 Å². The van der Waals surface area contributed by atoms with E-state index in [0.29, 0.717) is 26.1 Å². The first-order valence-corrected chi connectivity index (χ1v) is 10.7. The van der Waals surface area contributed by atoms with Crippen molar-refractivity contribution < 1.29 is 23.1 Å². The van der Waals surface area contributed by atoms with Crippen molar-refractivity contribution in [3.05, 3.63) is 29.8 Å². The molecule has 1 N–H and O–H groups in total. The Kier molecular flexibility index (Phi) is 6.32. The second-order valence-corrected chi connectivity index (χ2v) is 9.15. The fourth-order valence-corrected chi connectivity index (χ4v) is 5.09. The lowest BCUT2D eigenvalue weighted by Crippen LogP contribution is -2.40. The molecule has 27 heavy (non-hydrogen) atoms. The molecule has 1 heterocycles. The van der Waals surface area contributed by atoms with Gasteiger partial charge in [-0.15, -0.1) is 0 Å². The van der Waals surface area contributed by atoms with E-state index in [0.717, 1.165) is 0 Å². The van der Waals surface area contributed by atoms with E-state index in [4.69, 9.17) is 0 Å². The number of sulfonamides is 1. The van der Waals surface area contributed by atoms with Crippen LogP contribution in [-0.4, -0.2) is 60.8 Å². The number of hydrogen-bond acceptors (Lipinski definition) is 4. The van der Waals surface area contributed by atoms with Crippen LogP contribution in [0.15, 0.2) is 29.2 Å². The average Bonchev–Trinajstić information content (AvgIpc) is 3.09. The molecule has 8 heteroatoms. The van der Waals surface area contributed by atoms with E-state index in [-0.39, 0.29) is 28.8 Å². The summed E-state index contributed by atoms with van der Waals surface area (Å²) >= 11 is 0. The summed E-state index contributed by atoms with van der Waals surface area (Å²) in [6.07, 6.45) is 0.392. The quantitative estimate of drug-likeness (QED) is 0.763. The van der Waals surface area contributed by atoms with Crippen LogP contribution in [0.2, 0.25) is 0 Å². The van der Waals surface area contributed by atoms with Gasteiger partial charge >= 0.3 is 5.97 Å². The van der Waals surface area contributed by atoms with Gasteiger partial charge in [0, 0.05) is 31.7 Å². The average molecular weight is 397 g/mol. The van der Waals surface area contributed by atoms with Crippen LogP contribution in [0.1, 0.15) is 44.5 Å². The minimum absolute atomic E-state index is 0.0737. The van der Waals surface area contributed by atoms with Crippen molar-refractivity contribution in [1.82, 2.24) is 9.21 Å². The summed E-state index contributed by atoms with van der Waals surface area (Å²) in [5.41, 5.74) is -0.700. The predicted octanol–water partition coefficient (Wildman–Crippen LogP) is 2.29. The van der Waals surface area contributed by atoms with Gasteiger partial charge in [0.15, 0.2) is 0 Å². The van der Waals surface area contributed by atoms with Gasteiger partial charge in [0.2, 0.25) is 10.0 Å². The monoisotopic (exact) mass is 396 g/mol. The summed E-state index contributed by atoms with van der Waals surface area (Å²) < 4.78 is 26.7. The van der Waals surface area contributed by atoms with Gasteiger partial charge in [-0.1, -0.05) is 33.8 Å². The summed E-state index contributed by atoms with van der Waals surface area (Å²) in [7, 11) is -3.66. The number of hydrogen-bond donors (Lipinski definition) is 1. The molecule has 0 saturated carbocycles. The number of carboxylic acids is 1. The fraction of sp³-hybridized carbons (Fsp3) is 0.579. The van der Waals surface area contributed by atoms with Crippen LogP contribution < -0.4 is 0 Å². The summed E-state index contributed by atoms with van der Waals surface area (Å²) in [6, 6.07) is 5.97. The SMILES string of the molecule is CCN(CC)S(=O)(=O)c1cccc(C(=O)N2CCC(C(=O)O)(C(C)C)C2)c1. The van der Waals surface area contributed by atoms with Gasteiger partial charge in [0.05, 0.1) is 10.3 Å². The van der Waals surface area contributed by atoms with Gasteiger partial charge in [0.1, 0.15) is 0 Å². The molecule has 1 aliphatic heterocycles. The maximum absolute atomic E-state index is 12.9. The van der Waals surface area contributed by atoms with Crippen molar-refractivity contribution in [3.63, 3.8) is 0 Å². The number of carbonyl (C=O) groups excluding carboxylic acids is 1. The van der Waals surface area contributed by atoms with Crippen LogP contribution in [0.4, 0.5) is 0 Å². The molecule has 0 bridgehead atoms. The molecule has 1 unspecified atom stereocenters. The Hall–Kier alpha value is -1.93. The lowest BCUT2D eigenvalue weighted by Gasteiger charge is -2.28. The zero-order valence-corrected chi connectivity index (χ0v) is 17.1. The topological polar surface area (TPSA) is 95.0 Å². The second-order valence-electron chi connectivity index (χ2n) is 7.21. The van der Waals surface area contributed by atoms with Crippen molar-refractivity contribution in [1.29, 1.82) is 0 Å². The normalized spacial score (nSPS) is 20.4. The molecule has 0 spiro atoms. The molecule has 1 amide bonds. The molecule has 1 aromatic rings. The van der Waals surface area contributed by atoms with Gasteiger partial charge in [0.25, 0.3) is 5.91 Å². The minimum atomic E-state index is -3.66. The Bertz CT molecular complexity index is 817. The Labute approximate surface area is 161 Å². The first-order chi connectivity index (χ1) is 12.6. The third-order valence-electron chi connectivity index (χ3n) is 5.54. The molecular formula is C19H28N2O5S. The predicted molar refractivity (Wildman–Crippen MR) is 102 cm³/mol. The number of carbonyl (C=O) groups is 2. The Morgan fingerprint density at radius 3 is 2.37 bits per heavy atom. The van der Waals surface area contributed by atoms with Crippen molar-refractivity contribution in [3.8, 4) is 0 Å². The van der Waals surface area contributed by atoms with E-state index in [1.807, 2.05) is 13.8 Å². The smallest absolute Gasteiger partial charge is 0.311 e. The molecular weight excluding hydrogens is 368 g/mol. The number of benzene rings is 1. The van der Waals surface area contributed by atoms with E-state index >= 15 is 0 Å². The Balaban J connectivity index is 2.30. The van der Waals surface area contributed by atoms with Crippen LogP contribution in [0.3, 0.4) is 0 Å². The minimum Gasteiger partial charge on any atom is -0.481 e. The van der Waals surface area contributed by atoms with Gasteiger partial charge in [-0.3, -0.25) is 9.59 Å². The molecule has 1 atom stereocenters. The third kappa shape index (κ3) is 3.87. The number of rotatable bonds is 7. The summed E-state index contributed by atoms with van der Waals surface area (Å²) in [5.74, 6) is -1.34. The Morgan fingerprint density at radius 1 is 1.26 bits per heavy atom. The van der Waals surface area contributed by atoms with Crippen molar-refractivity contribution in [2.75, 3.05) is 26.2 Å². The molecule has 1 aliphatic rings. The van der Waals surface area contributed by atoms with Crippen molar-refractivity contribution in [2.24, 2.45) is 11.3 Å². The van der Waals surface area contributed by atoms with E-state index in [1.54, 1.807) is 26.0 Å². The highest BCUT2D eigenvalue weighted by atomic mass is 32.2. The summed E-state index contributed by atoms with van der Waals surface area (Å²) in [5, 5.41) is 9.65. The molecule has 0 aliphatic carbocycles. The fourth-order valence-electron chi connectivity index (χ4n) is 3.58. The number of carboxylic acid groups (broad SMARTS) is 1. The highest BCUT2D eigenvalue weighted by Gasteiger charge is 2.48. The standard InChI is InChI=1S/C19H28N2O5S/c1-5-21(6-2)27(25,26)16-9-7-8-15(12-16)17(22)20-11-10-19(13-20,14(3)4)18(23)24/h7-9,12,14H,5-6,10-11,13H2,1-4H3,(H,23,24). The van der Waals surface area contributed by atoms with Gasteiger partial charge in [-0.25, -0.2) is 8.42 Å². The van der Waals surface area contributed by atoms with Crippen molar-refractivity contribution in [2.45, 2.75) is 39.0 Å².